The van der Waals surface area contributed by atoms with Gasteiger partial charge in [-0.25, -0.2) is 4.79 Å². The summed E-state index contributed by atoms with van der Waals surface area (Å²) in [5.74, 6) is -0.456. The molecule has 2 aromatic carbocycles. The van der Waals surface area contributed by atoms with Gasteiger partial charge < -0.3 is 14.6 Å². The summed E-state index contributed by atoms with van der Waals surface area (Å²) in [5, 5.41) is 10.4. The fourth-order valence-corrected chi connectivity index (χ4v) is 2.26. The molecule has 0 bridgehead atoms. The van der Waals surface area contributed by atoms with E-state index in [0.29, 0.717) is 17.9 Å². The molecule has 4 heteroatoms. The Morgan fingerprint density at radius 2 is 1.90 bits per heavy atom. The molecule has 4 nitrogen and oxygen atoms in total. The third kappa shape index (κ3) is 2.84. The van der Waals surface area contributed by atoms with Crippen LogP contribution in [0.25, 0.3) is 11.1 Å². The summed E-state index contributed by atoms with van der Waals surface area (Å²) in [6.07, 6.45) is 0. The molecule has 2 aromatic rings. The number of esters is 1. The SMILES string of the molecule is CCOc1c(-c2ccccc2)cc(C)c(C(=O)OC)c1O. The van der Waals surface area contributed by atoms with E-state index in [9.17, 15) is 9.90 Å². The zero-order chi connectivity index (χ0) is 15.4. The number of hydrogen-bond donors (Lipinski definition) is 1. The lowest BCUT2D eigenvalue weighted by Gasteiger charge is -2.16. The number of rotatable bonds is 4. The van der Waals surface area contributed by atoms with Gasteiger partial charge in [0, 0.05) is 5.56 Å². The molecule has 0 amide bonds. The smallest absolute Gasteiger partial charge is 0.342 e. The van der Waals surface area contributed by atoms with Crippen molar-refractivity contribution in [3.8, 4) is 22.6 Å². The third-order valence-electron chi connectivity index (χ3n) is 3.21. The predicted molar refractivity (Wildman–Crippen MR) is 80.8 cm³/mol. The lowest BCUT2D eigenvalue weighted by atomic mass is 9.97. The van der Waals surface area contributed by atoms with E-state index in [4.69, 9.17) is 9.47 Å². The maximum absolute atomic E-state index is 11.8. The molecule has 0 aromatic heterocycles. The fourth-order valence-electron chi connectivity index (χ4n) is 2.26. The van der Waals surface area contributed by atoms with E-state index in [1.54, 1.807) is 6.92 Å². The van der Waals surface area contributed by atoms with Crippen molar-refractivity contribution in [3.63, 3.8) is 0 Å². The zero-order valence-electron chi connectivity index (χ0n) is 12.3. The second-order valence-corrected chi connectivity index (χ2v) is 4.58. The standard InChI is InChI=1S/C17H18O4/c1-4-21-16-13(12-8-6-5-7-9-12)10-11(2)14(15(16)18)17(19)20-3/h5-10,18H,4H2,1-3H3. The van der Waals surface area contributed by atoms with Crippen LogP contribution in [0.4, 0.5) is 0 Å². The molecule has 0 fully saturated rings. The van der Waals surface area contributed by atoms with E-state index in [1.807, 2.05) is 43.3 Å². The van der Waals surface area contributed by atoms with E-state index >= 15 is 0 Å². The van der Waals surface area contributed by atoms with E-state index in [2.05, 4.69) is 0 Å². The summed E-state index contributed by atoms with van der Waals surface area (Å²) in [5.41, 5.74) is 2.44. The molecule has 0 aliphatic carbocycles. The normalized spacial score (nSPS) is 10.2. The van der Waals surface area contributed by atoms with Crippen LogP contribution in [0.1, 0.15) is 22.8 Å². The summed E-state index contributed by atoms with van der Waals surface area (Å²) < 4.78 is 10.3. The number of aryl methyl sites for hydroxylation is 1. The fraction of sp³-hybridized carbons (Fsp3) is 0.235. The Bertz CT molecular complexity index is 648. The molecule has 0 saturated carbocycles. The molecule has 0 aliphatic heterocycles. The lowest BCUT2D eigenvalue weighted by Crippen LogP contribution is -2.07. The molecule has 2 rings (SSSR count). The highest BCUT2D eigenvalue weighted by molar-refractivity contribution is 5.97. The van der Waals surface area contributed by atoms with E-state index in [0.717, 1.165) is 11.1 Å². The highest BCUT2D eigenvalue weighted by atomic mass is 16.5. The van der Waals surface area contributed by atoms with Crippen LogP contribution in [0.15, 0.2) is 36.4 Å². The topological polar surface area (TPSA) is 55.8 Å². The van der Waals surface area contributed by atoms with Crippen LogP contribution in [0.2, 0.25) is 0 Å². The molecular weight excluding hydrogens is 268 g/mol. The lowest BCUT2D eigenvalue weighted by molar-refractivity contribution is 0.0595. The van der Waals surface area contributed by atoms with Gasteiger partial charge in [-0.2, -0.15) is 0 Å². The molecule has 0 heterocycles. The first-order valence-electron chi connectivity index (χ1n) is 6.73. The van der Waals surface area contributed by atoms with Crippen molar-refractivity contribution in [1.29, 1.82) is 0 Å². The molecule has 0 aliphatic rings. The summed E-state index contributed by atoms with van der Waals surface area (Å²) >= 11 is 0. The van der Waals surface area contributed by atoms with Crippen molar-refractivity contribution in [2.24, 2.45) is 0 Å². The van der Waals surface area contributed by atoms with Crippen molar-refractivity contribution < 1.29 is 19.4 Å². The van der Waals surface area contributed by atoms with Crippen molar-refractivity contribution in [3.05, 3.63) is 47.5 Å². The van der Waals surface area contributed by atoms with Crippen LogP contribution in [0.5, 0.6) is 11.5 Å². The van der Waals surface area contributed by atoms with E-state index in [-0.39, 0.29) is 11.3 Å². The minimum atomic E-state index is -0.578. The largest absolute Gasteiger partial charge is 0.504 e. The van der Waals surface area contributed by atoms with Gasteiger partial charge >= 0.3 is 5.97 Å². The quantitative estimate of drug-likeness (QED) is 0.873. The van der Waals surface area contributed by atoms with Crippen LogP contribution in [0, 0.1) is 6.92 Å². The third-order valence-corrected chi connectivity index (χ3v) is 3.21. The van der Waals surface area contributed by atoms with Crippen molar-refractivity contribution >= 4 is 5.97 Å². The summed E-state index contributed by atoms with van der Waals surface area (Å²) in [6, 6.07) is 11.4. The molecule has 0 atom stereocenters. The number of carbonyl (C=O) groups excluding carboxylic acids is 1. The Kier molecular flexibility index (Phi) is 4.48. The molecule has 1 N–H and O–H groups in total. The van der Waals surface area contributed by atoms with Gasteiger partial charge in [-0.1, -0.05) is 30.3 Å². The first-order valence-corrected chi connectivity index (χ1v) is 6.73. The Balaban J connectivity index is 2.70. The highest BCUT2D eigenvalue weighted by Gasteiger charge is 2.23. The number of ether oxygens (including phenoxy) is 2. The van der Waals surface area contributed by atoms with Crippen LogP contribution in [-0.4, -0.2) is 24.8 Å². The second kappa shape index (κ2) is 6.31. The molecular formula is C17H18O4. The number of carbonyl (C=O) groups is 1. The molecule has 0 spiro atoms. The predicted octanol–water partition coefficient (Wildman–Crippen LogP) is 3.55. The van der Waals surface area contributed by atoms with Gasteiger partial charge in [0.05, 0.1) is 13.7 Å². The minimum Gasteiger partial charge on any atom is -0.504 e. The number of phenols is 1. The number of aromatic hydroxyl groups is 1. The monoisotopic (exact) mass is 286 g/mol. The van der Waals surface area contributed by atoms with Gasteiger partial charge in [0.1, 0.15) is 5.56 Å². The summed E-state index contributed by atoms with van der Waals surface area (Å²) in [4.78, 5) is 11.8. The summed E-state index contributed by atoms with van der Waals surface area (Å²) in [6.45, 7) is 3.97. The average molecular weight is 286 g/mol. The Morgan fingerprint density at radius 3 is 2.48 bits per heavy atom. The Morgan fingerprint density at radius 1 is 1.24 bits per heavy atom. The first-order chi connectivity index (χ1) is 10.1. The number of phenolic OH excluding ortho intramolecular Hbond substituents is 1. The molecule has 110 valence electrons. The average Bonchev–Trinajstić information content (AvgIpc) is 2.50. The van der Waals surface area contributed by atoms with Gasteiger partial charge in [-0.05, 0) is 31.0 Å². The second-order valence-electron chi connectivity index (χ2n) is 4.58. The van der Waals surface area contributed by atoms with Crippen LogP contribution in [-0.2, 0) is 4.74 Å². The van der Waals surface area contributed by atoms with Crippen molar-refractivity contribution in [1.82, 2.24) is 0 Å². The van der Waals surface area contributed by atoms with Gasteiger partial charge in [-0.15, -0.1) is 0 Å². The molecule has 0 saturated heterocycles. The van der Waals surface area contributed by atoms with Gasteiger partial charge in [0.2, 0.25) is 0 Å². The van der Waals surface area contributed by atoms with Crippen LogP contribution in [0.3, 0.4) is 0 Å². The maximum Gasteiger partial charge on any atom is 0.342 e. The zero-order valence-corrected chi connectivity index (χ0v) is 12.3. The van der Waals surface area contributed by atoms with Crippen LogP contribution >= 0.6 is 0 Å². The number of methoxy groups -OCH3 is 1. The minimum absolute atomic E-state index is 0.139. The van der Waals surface area contributed by atoms with Crippen LogP contribution < -0.4 is 4.74 Å². The molecule has 21 heavy (non-hydrogen) atoms. The molecule has 0 radical (unpaired) electrons. The Hall–Kier alpha value is -2.49. The number of hydrogen-bond acceptors (Lipinski definition) is 4. The van der Waals surface area contributed by atoms with Gasteiger partial charge in [0.15, 0.2) is 11.5 Å². The van der Waals surface area contributed by atoms with Crippen molar-refractivity contribution in [2.75, 3.05) is 13.7 Å². The van der Waals surface area contributed by atoms with Gasteiger partial charge in [0.25, 0.3) is 0 Å². The van der Waals surface area contributed by atoms with E-state index in [1.165, 1.54) is 7.11 Å². The van der Waals surface area contributed by atoms with Crippen molar-refractivity contribution in [2.45, 2.75) is 13.8 Å². The first kappa shape index (κ1) is 14.9. The Labute approximate surface area is 123 Å². The number of benzene rings is 2. The summed E-state index contributed by atoms with van der Waals surface area (Å²) in [7, 11) is 1.28. The van der Waals surface area contributed by atoms with E-state index < -0.39 is 5.97 Å². The highest BCUT2D eigenvalue weighted by Crippen LogP contribution is 2.42. The maximum atomic E-state index is 11.8. The van der Waals surface area contributed by atoms with Gasteiger partial charge in [-0.3, -0.25) is 0 Å². The molecule has 0 unspecified atom stereocenters.